The molecule has 1 heterocycles. The van der Waals surface area contributed by atoms with Gasteiger partial charge in [0.2, 0.25) is 5.91 Å². The van der Waals surface area contributed by atoms with Gasteiger partial charge >= 0.3 is 5.97 Å². The highest BCUT2D eigenvalue weighted by atomic mass is 16.5. The molecule has 0 saturated heterocycles. The van der Waals surface area contributed by atoms with E-state index in [1.165, 1.54) is 0 Å². The summed E-state index contributed by atoms with van der Waals surface area (Å²) in [6, 6.07) is 11.2. The third-order valence-corrected chi connectivity index (χ3v) is 4.04. The quantitative estimate of drug-likeness (QED) is 0.721. The number of hydrogen-bond acceptors (Lipinski definition) is 4. The molecule has 1 aromatic carbocycles. The van der Waals surface area contributed by atoms with Crippen LogP contribution in [0.5, 0.6) is 5.75 Å². The molecule has 0 fully saturated rings. The molecule has 0 bridgehead atoms. The highest BCUT2D eigenvalue weighted by Gasteiger charge is 2.26. The molecular weight excluding hydrogens is 332 g/mol. The molecule has 138 valence electrons. The molecule has 0 aliphatic rings. The lowest BCUT2D eigenvalue weighted by molar-refractivity contribution is -0.147. The van der Waals surface area contributed by atoms with Crippen molar-refractivity contribution < 1.29 is 19.4 Å². The molecule has 2 aromatic rings. The standard InChI is InChI=1S/C20H24N2O4/c1-20(2,19(24)25)8-10-22-18(23)12-15-5-3-7-17(11-15)26-14-16-6-4-9-21-13-16/h3-7,9,11,13H,8,10,12,14H2,1-2H3,(H,22,23)(H,24,25). The predicted octanol–water partition coefficient (Wildman–Crippen LogP) is 2.82. The lowest BCUT2D eigenvalue weighted by atomic mass is 9.90. The minimum atomic E-state index is -0.870. The molecule has 0 radical (unpaired) electrons. The number of aliphatic carboxylic acids is 1. The van der Waals surface area contributed by atoms with E-state index < -0.39 is 11.4 Å². The van der Waals surface area contributed by atoms with E-state index in [2.05, 4.69) is 10.3 Å². The highest BCUT2D eigenvalue weighted by Crippen LogP contribution is 2.19. The van der Waals surface area contributed by atoms with Crippen molar-refractivity contribution in [3.8, 4) is 5.75 Å². The zero-order valence-electron chi connectivity index (χ0n) is 15.1. The zero-order chi connectivity index (χ0) is 19.0. The number of carbonyl (C=O) groups is 2. The highest BCUT2D eigenvalue weighted by molar-refractivity contribution is 5.79. The minimum absolute atomic E-state index is 0.143. The maximum atomic E-state index is 12.1. The minimum Gasteiger partial charge on any atom is -0.489 e. The van der Waals surface area contributed by atoms with Gasteiger partial charge < -0.3 is 15.2 Å². The number of rotatable bonds is 9. The van der Waals surface area contributed by atoms with Crippen molar-refractivity contribution in [3.05, 3.63) is 59.9 Å². The fourth-order valence-electron chi connectivity index (χ4n) is 2.26. The Hall–Kier alpha value is -2.89. The van der Waals surface area contributed by atoms with Crippen molar-refractivity contribution >= 4 is 11.9 Å². The van der Waals surface area contributed by atoms with Gasteiger partial charge in [-0.05, 0) is 44.0 Å². The number of amides is 1. The zero-order valence-corrected chi connectivity index (χ0v) is 15.1. The first-order valence-electron chi connectivity index (χ1n) is 8.47. The molecule has 6 heteroatoms. The molecule has 2 N–H and O–H groups in total. The normalized spacial score (nSPS) is 11.0. The van der Waals surface area contributed by atoms with Gasteiger partial charge in [-0.15, -0.1) is 0 Å². The number of benzene rings is 1. The van der Waals surface area contributed by atoms with Gasteiger partial charge in [0.25, 0.3) is 0 Å². The van der Waals surface area contributed by atoms with Gasteiger partial charge in [-0.3, -0.25) is 14.6 Å². The van der Waals surface area contributed by atoms with E-state index in [9.17, 15) is 9.59 Å². The third-order valence-electron chi connectivity index (χ3n) is 4.04. The van der Waals surface area contributed by atoms with Crippen LogP contribution in [0.25, 0.3) is 0 Å². The summed E-state index contributed by atoms with van der Waals surface area (Å²) in [4.78, 5) is 27.2. The van der Waals surface area contributed by atoms with Crippen molar-refractivity contribution in [2.75, 3.05) is 6.54 Å². The molecule has 0 unspecified atom stereocenters. The Bertz CT molecular complexity index is 744. The maximum Gasteiger partial charge on any atom is 0.309 e. The topological polar surface area (TPSA) is 88.5 Å². The van der Waals surface area contributed by atoms with Gasteiger partial charge in [0, 0.05) is 24.5 Å². The number of carboxylic acid groups (broad SMARTS) is 1. The Kier molecular flexibility index (Phi) is 6.72. The van der Waals surface area contributed by atoms with E-state index in [4.69, 9.17) is 9.84 Å². The molecule has 0 aliphatic carbocycles. The molecule has 0 aliphatic heterocycles. The summed E-state index contributed by atoms with van der Waals surface area (Å²) < 4.78 is 5.73. The Morgan fingerprint density at radius 2 is 1.96 bits per heavy atom. The van der Waals surface area contributed by atoms with Gasteiger partial charge in [-0.1, -0.05) is 18.2 Å². The van der Waals surface area contributed by atoms with Crippen LogP contribution in [0.3, 0.4) is 0 Å². The summed E-state index contributed by atoms with van der Waals surface area (Å²) in [7, 11) is 0. The Balaban J connectivity index is 1.82. The van der Waals surface area contributed by atoms with Crippen LogP contribution in [-0.4, -0.2) is 28.5 Å². The van der Waals surface area contributed by atoms with Crippen LogP contribution in [0.4, 0.5) is 0 Å². The van der Waals surface area contributed by atoms with E-state index in [-0.39, 0.29) is 12.3 Å². The Morgan fingerprint density at radius 1 is 1.19 bits per heavy atom. The number of carbonyl (C=O) groups excluding carboxylic acids is 1. The first-order valence-corrected chi connectivity index (χ1v) is 8.47. The van der Waals surface area contributed by atoms with Gasteiger partial charge in [-0.2, -0.15) is 0 Å². The van der Waals surface area contributed by atoms with Crippen LogP contribution in [0.2, 0.25) is 0 Å². The Labute approximate surface area is 153 Å². The molecule has 0 saturated carbocycles. The lowest BCUT2D eigenvalue weighted by Crippen LogP contribution is -2.32. The third kappa shape index (κ3) is 6.20. The number of hydrogen-bond donors (Lipinski definition) is 2. The van der Waals surface area contributed by atoms with Crippen LogP contribution >= 0.6 is 0 Å². The second-order valence-electron chi connectivity index (χ2n) is 6.76. The maximum absolute atomic E-state index is 12.1. The molecule has 26 heavy (non-hydrogen) atoms. The largest absolute Gasteiger partial charge is 0.489 e. The monoisotopic (exact) mass is 356 g/mol. The average Bonchev–Trinajstić information content (AvgIpc) is 2.61. The lowest BCUT2D eigenvalue weighted by Gasteiger charge is -2.18. The van der Waals surface area contributed by atoms with Crippen LogP contribution < -0.4 is 10.1 Å². The fourth-order valence-corrected chi connectivity index (χ4v) is 2.26. The van der Waals surface area contributed by atoms with Crippen molar-refractivity contribution in [2.45, 2.75) is 33.3 Å². The second kappa shape index (κ2) is 8.99. The van der Waals surface area contributed by atoms with E-state index in [1.807, 2.05) is 36.4 Å². The van der Waals surface area contributed by atoms with Crippen molar-refractivity contribution in [3.63, 3.8) is 0 Å². The molecule has 0 spiro atoms. The van der Waals surface area contributed by atoms with Crippen molar-refractivity contribution in [2.24, 2.45) is 5.41 Å². The number of nitrogens with zero attached hydrogens (tertiary/aromatic N) is 1. The van der Waals surface area contributed by atoms with E-state index in [0.717, 1.165) is 11.1 Å². The SMILES string of the molecule is CC(C)(CCNC(=O)Cc1cccc(OCc2cccnc2)c1)C(=O)O. The number of nitrogens with one attached hydrogen (secondary N) is 1. The van der Waals surface area contributed by atoms with Gasteiger partial charge in [-0.25, -0.2) is 0 Å². The molecule has 2 rings (SSSR count). The van der Waals surface area contributed by atoms with E-state index in [0.29, 0.717) is 25.3 Å². The first kappa shape index (κ1) is 19.4. The van der Waals surface area contributed by atoms with Crippen molar-refractivity contribution in [1.82, 2.24) is 10.3 Å². The first-order chi connectivity index (χ1) is 12.4. The van der Waals surface area contributed by atoms with Crippen LogP contribution in [0.1, 0.15) is 31.4 Å². The van der Waals surface area contributed by atoms with E-state index in [1.54, 1.807) is 26.2 Å². The number of aromatic nitrogens is 1. The van der Waals surface area contributed by atoms with Crippen LogP contribution in [0, 0.1) is 5.41 Å². The number of pyridine rings is 1. The smallest absolute Gasteiger partial charge is 0.309 e. The molecule has 1 amide bonds. The van der Waals surface area contributed by atoms with E-state index >= 15 is 0 Å². The van der Waals surface area contributed by atoms with Gasteiger partial charge in [0.05, 0.1) is 11.8 Å². The number of ether oxygens (including phenoxy) is 1. The number of carboxylic acids is 1. The summed E-state index contributed by atoms with van der Waals surface area (Å²) in [6.45, 7) is 4.03. The molecule has 0 atom stereocenters. The van der Waals surface area contributed by atoms with Gasteiger partial charge in [0.1, 0.15) is 12.4 Å². The summed E-state index contributed by atoms with van der Waals surface area (Å²) in [5.74, 6) is -0.327. The molecular formula is C20H24N2O4. The summed E-state index contributed by atoms with van der Waals surface area (Å²) in [5.41, 5.74) is 0.952. The summed E-state index contributed by atoms with van der Waals surface area (Å²) in [6.07, 6.45) is 4.05. The van der Waals surface area contributed by atoms with Crippen LogP contribution in [-0.2, 0) is 22.6 Å². The second-order valence-corrected chi connectivity index (χ2v) is 6.76. The van der Waals surface area contributed by atoms with Crippen LogP contribution in [0.15, 0.2) is 48.8 Å². The van der Waals surface area contributed by atoms with Gasteiger partial charge in [0.15, 0.2) is 0 Å². The predicted molar refractivity (Wildman–Crippen MR) is 97.8 cm³/mol. The summed E-state index contributed by atoms with van der Waals surface area (Å²) >= 11 is 0. The molecule has 1 aromatic heterocycles. The summed E-state index contributed by atoms with van der Waals surface area (Å²) in [5, 5.41) is 11.8. The fraction of sp³-hybridized carbons (Fsp3) is 0.350. The average molecular weight is 356 g/mol. The Morgan fingerprint density at radius 3 is 2.65 bits per heavy atom. The van der Waals surface area contributed by atoms with Crippen molar-refractivity contribution in [1.29, 1.82) is 0 Å². The molecule has 6 nitrogen and oxygen atoms in total.